The molecule has 2 aromatic carbocycles. The molecule has 0 spiro atoms. The second-order valence-electron chi connectivity index (χ2n) is 7.97. The number of hydrogen-bond donors (Lipinski definition) is 3. The third-order valence-corrected chi connectivity index (χ3v) is 5.18. The van der Waals surface area contributed by atoms with Gasteiger partial charge in [-0.25, -0.2) is 9.59 Å². The van der Waals surface area contributed by atoms with Crippen LogP contribution in [0.25, 0.3) is 11.1 Å². The predicted molar refractivity (Wildman–Crippen MR) is 123 cm³/mol. The minimum Gasteiger partial charge on any atom is -0.497 e. The molecule has 1 saturated carbocycles. The third kappa shape index (κ3) is 8.05. The first-order chi connectivity index (χ1) is 16.7. The van der Waals surface area contributed by atoms with Crippen molar-refractivity contribution in [3.8, 4) is 16.9 Å². The van der Waals surface area contributed by atoms with Crippen molar-refractivity contribution in [3.63, 3.8) is 0 Å². The van der Waals surface area contributed by atoms with Crippen LogP contribution < -0.4 is 10.1 Å². The maximum Gasteiger partial charge on any atom is 0.490 e. The van der Waals surface area contributed by atoms with Crippen LogP contribution in [0, 0.1) is 5.92 Å². The Morgan fingerprint density at radius 2 is 1.86 bits per heavy atom. The van der Waals surface area contributed by atoms with E-state index in [1.807, 2.05) is 59.6 Å². The highest BCUT2D eigenvalue weighted by atomic mass is 19.4. The fraction of sp³-hybridized carbons (Fsp3) is 0.292. The van der Waals surface area contributed by atoms with Gasteiger partial charge in [0.25, 0.3) is 0 Å². The van der Waals surface area contributed by atoms with Gasteiger partial charge < -0.3 is 20.1 Å². The van der Waals surface area contributed by atoms with E-state index in [0.717, 1.165) is 34.7 Å². The smallest absolute Gasteiger partial charge is 0.490 e. The second-order valence-corrected chi connectivity index (χ2v) is 7.97. The van der Waals surface area contributed by atoms with Gasteiger partial charge >= 0.3 is 18.2 Å². The number of alkyl halides is 3. The normalized spacial score (nSPS) is 12.8. The van der Waals surface area contributed by atoms with E-state index in [0.29, 0.717) is 12.5 Å². The number of carboxylic acid groups (broad SMARTS) is 1. The molecule has 0 radical (unpaired) electrons. The molecule has 3 N–H and O–H groups in total. The Bertz CT molecular complexity index is 1110. The van der Waals surface area contributed by atoms with E-state index >= 15 is 0 Å². The van der Waals surface area contributed by atoms with E-state index in [1.165, 1.54) is 12.8 Å². The summed E-state index contributed by atoms with van der Waals surface area (Å²) in [5, 5.41) is 16.9. The number of urea groups is 1. The lowest BCUT2D eigenvalue weighted by molar-refractivity contribution is -0.192. The van der Waals surface area contributed by atoms with Gasteiger partial charge in [-0.05, 0) is 54.2 Å². The summed E-state index contributed by atoms with van der Waals surface area (Å²) in [4.78, 5) is 23.7. The number of carboxylic acids is 1. The number of ether oxygens (including phenoxy) is 1. The standard InChI is InChI=1S/C22H24N4O2.C2HF3O2/c1-28-21-4-2-3-17(11-21)15-26(14-16-5-6-16)22(27)25-20-9-7-18(8-10-20)19-12-23-24-13-19;3-2(4,5)1(6)7/h2-4,7-13,16H,5-6,14-15H2,1H3,(H,23,24)(H,25,27);(H,6,7). The number of anilines is 1. The summed E-state index contributed by atoms with van der Waals surface area (Å²) in [5.41, 5.74) is 3.92. The minimum absolute atomic E-state index is 0.0780. The van der Waals surface area contributed by atoms with Gasteiger partial charge in [0.15, 0.2) is 0 Å². The first-order valence-corrected chi connectivity index (χ1v) is 10.7. The van der Waals surface area contributed by atoms with E-state index in [-0.39, 0.29) is 6.03 Å². The molecule has 4 rings (SSSR count). The molecule has 1 heterocycles. The fourth-order valence-electron chi connectivity index (χ4n) is 3.18. The Morgan fingerprint density at radius 3 is 2.40 bits per heavy atom. The number of hydrogen-bond acceptors (Lipinski definition) is 4. The van der Waals surface area contributed by atoms with Gasteiger partial charge in [0.05, 0.1) is 13.3 Å². The molecule has 1 aliphatic carbocycles. The van der Waals surface area contributed by atoms with E-state index in [4.69, 9.17) is 14.6 Å². The molecule has 2 amide bonds. The fourth-order valence-corrected chi connectivity index (χ4v) is 3.18. The Kier molecular flexibility index (Phi) is 8.34. The summed E-state index contributed by atoms with van der Waals surface area (Å²) in [7, 11) is 1.65. The summed E-state index contributed by atoms with van der Waals surface area (Å²) in [6, 6.07) is 15.6. The van der Waals surface area contributed by atoms with Crippen molar-refractivity contribution in [3.05, 3.63) is 66.5 Å². The van der Waals surface area contributed by atoms with Gasteiger partial charge in [-0.1, -0.05) is 24.3 Å². The number of benzene rings is 2. The highest BCUT2D eigenvalue weighted by Gasteiger charge is 2.38. The number of nitrogens with one attached hydrogen (secondary N) is 2. The summed E-state index contributed by atoms with van der Waals surface area (Å²) in [5.74, 6) is -1.34. The average molecular weight is 490 g/mol. The average Bonchev–Trinajstić information content (AvgIpc) is 3.48. The molecule has 1 aromatic heterocycles. The zero-order valence-corrected chi connectivity index (χ0v) is 18.9. The lowest BCUT2D eigenvalue weighted by Gasteiger charge is -2.23. The number of aliphatic carboxylic acids is 1. The molecule has 186 valence electrons. The molecule has 0 bridgehead atoms. The van der Waals surface area contributed by atoms with Crippen molar-refractivity contribution in [2.45, 2.75) is 25.6 Å². The number of aromatic nitrogens is 2. The van der Waals surface area contributed by atoms with Crippen LogP contribution in [0.2, 0.25) is 0 Å². The molecular weight excluding hydrogens is 465 g/mol. The number of aromatic amines is 1. The zero-order chi connectivity index (χ0) is 25.4. The molecule has 11 heteroatoms. The van der Waals surface area contributed by atoms with Crippen LogP contribution >= 0.6 is 0 Å². The van der Waals surface area contributed by atoms with E-state index in [9.17, 15) is 18.0 Å². The number of amides is 2. The maximum absolute atomic E-state index is 12.9. The predicted octanol–water partition coefficient (Wildman–Crippen LogP) is 5.16. The Morgan fingerprint density at radius 1 is 1.17 bits per heavy atom. The highest BCUT2D eigenvalue weighted by Crippen LogP contribution is 2.31. The van der Waals surface area contributed by atoms with Crippen molar-refractivity contribution < 1.29 is 32.6 Å². The van der Waals surface area contributed by atoms with Crippen molar-refractivity contribution in [2.75, 3.05) is 19.0 Å². The number of carbonyl (C=O) groups is 2. The topological polar surface area (TPSA) is 108 Å². The lowest BCUT2D eigenvalue weighted by atomic mass is 10.1. The van der Waals surface area contributed by atoms with Crippen molar-refractivity contribution in [1.82, 2.24) is 15.1 Å². The second kappa shape index (κ2) is 11.4. The van der Waals surface area contributed by atoms with Gasteiger partial charge in [0.2, 0.25) is 0 Å². The molecular formula is C24H25F3N4O4. The van der Waals surface area contributed by atoms with Gasteiger partial charge in [-0.15, -0.1) is 0 Å². The first-order valence-electron chi connectivity index (χ1n) is 10.7. The molecule has 0 saturated heterocycles. The van der Waals surface area contributed by atoms with Crippen molar-refractivity contribution in [1.29, 1.82) is 0 Å². The quantitative estimate of drug-likeness (QED) is 0.424. The minimum atomic E-state index is -5.08. The number of methoxy groups -OCH3 is 1. The van der Waals surface area contributed by atoms with Crippen LogP contribution in [0.5, 0.6) is 5.75 Å². The van der Waals surface area contributed by atoms with Crippen LogP contribution in [0.4, 0.5) is 23.7 Å². The van der Waals surface area contributed by atoms with Gasteiger partial charge in [0, 0.05) is 30.5 Å². The maximum atomic E-state index is 12.9. The lowest BCUT2D eigenvalue weighted by Crippen LogP contribution is -2.36. The number of carbonyl (C=O) groups excluding carboxylic acids is 1. The molecule has 35 heavy (non-hydrogen) atoms. The molecule has 0 unspecified atom stereocenters. The number of H-pyrrole nitrogens is 1. The number of nitrogens with zero attached hydrogens (tertiary/aromatic N) is 2. The Balaban J connectivity index is 0.000000429. The number of halogens is 3. The van der Waals surface area contributed by atoms with Crippen molar-refractivity contribution >= 4 is 17.7 Å². The van der Waals surface area contributed by atoms with Crippen LogP contribution in [0.15, 0.2) is 60.9 Å². The molecule has 0 atom stereocenters. The Hall–Kier alpha value is -4.02. The van der Waals surface area contributed by atoms with Crippen LogP contribution in [0.1, 0.15) is 18.4 Å². The van der Waals surface area contributed by atoms with Crippen LogP contribution in [-0.4, -0.2) is 52.0 Å². The summed E-state index contributed by atoms with van der Waals surface area (Å²) in [6.45, 7) is 1.34. The summed E-state index contributed by atoms with van der Waals surface area (Å²) >= 11 is 0. The van der Waals surface area contributed by atoms with E-state index < -0.39 is 12.1 Å². The number of rotatable bonds is 7. The molecule has 1 fully saturated rings. The zero-order valence-electron chi connectivity index (χ0n) is 18.9. The van der Waals surface area contributed by atoms with Gasteiger partial charge in [-0.3, -0.25) is 5.10 Å². The molecule has 3 aromatic rings. The monoisotopic (exact) mass is 490 g/mol. The summed E-state index contributed by atoms with van der Waals surface area (Å²) in [6.07, 6.45) is 0.931. The van der Waals surface area contributed by atoms with Crippen LogP contribution in [0.3, 0.4) is 0 Å². The summed E-state index contributed by atoms with van der Waals surface area (Å²) < 4.78 is 37.0. The van der Waals surface area contributed by atoms with Crippen LogP contribution in [-0.2, 0) is 11.3 Å². The largest absolute Gasteiger partial charge is 0.497 e. The van der Waals surface area contributed by atoms with E-state index in [2.05, 4.69) is 15.5 Å². The van der Waals surface area contributed by atoms with Gasteiger partial charge in [0.1, 0.15) is 5.75 Å². The molecule has 0 aliphatic heterocycles. The third-order valence-electron chi connectivity index (χ3n) is 5.18. The Labute approximate surface area is 199 Å². The highest BCUT2D eigenvalue weighted by molar-refractivity contribution is 5.89. The van der Waals surface area contributed by atoms with Gasteiger partial charge in [-0.2, -0.15) is 18.3 Å². The molecule has 1 aliphatic rings. The van der Waals surface area contributed by atoms with E-state index in [1.54, 1.807) is 13.3 Å². The van der Waals surface area contributed by atoms with Crippen molar-refractivity contribution in [2.24, 2.45) is 5.92 Å². The molecule has 8 nitrogen and oxygen atoms in total. The first kappa shape index (κ1) is 25.6. The SMILES string of the molecule is COc1cccc(CN(CC2CC2)C(=O)Nc2ccc(-c3cn[nH]c3)cc2)c1.O=C(O)C(F)(F)F.